The molecule has 2 rings (SSSR count). The third-order valence-electron chi connectivity index (χ3n) is 2.70. The molecule has 0 bridgehead atoms. The minimum absolute atomic E-state index is 0.172. The SMILES string of the molecule is COC(=N)c1ccccc1NCc1ccccc1. The number of benzene rings is 2. The Morgan fingerprint density at radius 3 is 2.44 bits per heavy atom. The van der Waals surface area contributed by atoms with Crippen molar-refractivity contribution in [1.29, 1.82) is 5.41 Å². The van der Waals surface area contributed by atoms with Crippen LogP contribution in [-0.4, -0.2) is 13.0 Å². The van der Waals surface area contributed by atoms with Gasteiger partial charge in [-0.15, -0.1) is 0 Å². The highest BCUT2D eigenvalue weighted by Crippen LogP contribution is 2.16. The molecule has 0 aliphatic rings. The summed E-state index contributed by atoms with van der Waals surface area (Å²) >= 11 is 0. The number of para-hydroxylation sites is 1. The molecule has 2 aromatic rings. The second-order valence-electron chi connectivity index (χ2n) is 3.92. The Kier molecular flexibility index (Phi) is 3.97. The molecule has 0 atom stereocenters. The van der Waals surface area contributed by atoms with Gasteiger partial charge < -0.3 is 10.1 Å². The lowest BCUT2D eigenvalue weighted by molar-refractivity contribution is 0.401. The van der Waals surface area contributed by atoms with Crippen LogP contribution in [0.25, 0.3) is 0 Å². The maximum Gasteiger partial charge on any atom is 0.215 e. The first kappa shape index (κ1) is 12.2. The summed E-state index contributed by atoms with van der Waals surface area (Å²) in [5, 5.41) is 11.1. The van der Waals surface area contributed by atoms with Crippen molar-refractivity contribution in [2.24, 2.45) is 0 Å². The fraction of sp³-hybridized carbons (Fsp3) is 0.133. The van der Waals surface area contributed by atoms with Gasteiger partial charge in [0.1, 0.15) is 0 Å². The van der Waals surface area contributed by atoms with Crippen LogP contribution < -0.4 is 5.32 Å². The lowest BCUT2D eigenvalue weighted by atomic mass is 10.1. The summed E-state index contributed by atoms with van der Waals surface area (Å²) in [6.07, 6.45) is 0. The van der Waals surface area contributed by atoms with Gasteiger partial charge in [0.2, 0.25) is 5.90 Å². The Morgan fingerprint density at radius 2 is 1.72 bits per heavy atom. The van der Waals surface area contributed by atoms with Crippen molar-refractivity contribution in [2.75, 3.05) is 12.4 Å². The largest absolute Gasteiger partial charge is 0.481 e. The number of methoxy groups -OCH3 is 1. The second kappa shape index (κ2) is 5.87. The summed E-state index contributed by atoms with van der Waals surface area (Å²) in [6.45, 7) is 0.731. The van der Waals surface area contributed by atoms with Gasteiger partial charge in [-0.3, -0.25) is 5.41 Å². The molecule has 0 unspecified atom stereocenters. The van der Waals surface area contributed by atoms with E-state index in [4.69, 9.17) is 10.1 Å². The summed E-state index contributed by atoms with van der Waals surface area (Å²) < 4.78 is 4.97. The van der Waals surface area contributed by atoms with Crippen molar-refractivity contribution >= 4 is 11.6 Å². The molecule has 0 amide bonds. The molecule has 0 aliphatic heterocycles. The smallest absolute Gasteiger partial charge is 0.215 e. The van der Waals surface area contributed by atoms with Crippen LogP contribution in [0, 0.1) is 5.41 Å². The van der Waals surface area contributed by atoms with Gasteiger partial charge in [0.15, 0.2) is 0 Å². The molecule has 0 fully saturated rings. The van der Waals surface area contributed by atoms with E-state index in [-0.39, 0.29) is 5.90 Å². The van der Waals surface area contributed by atoms with Gasteiger partial charge in [-0.25, -0.2) is 0 Å². The fourth-order valence-corrected chi connectivity index (χ4v) is 1.74. The van der Waals surface area contributed by atoms with Crippen molar-refractivity contribution in [3.63, 3.8) is 0 Å². The Morgan fingerprint density at radius 1 is 1.06 bits per heavy atom. The Balaban J connectivity index is 2.12. The van der Waals surface area contributed by atoms with E-state index in [1.165, 1.54) is 12.7 Å². The highest BCUT2D eigenvalue weighted by Gasteiger charge is 2.06. The first-order chi connectivity index (χ1) is 8.81. The van der Waals surface area contributed by atoms with Gasteiger partial charge in [-0.05, 0) is 17.7 Å². The van der Waals surface area contributed by atoms with E-state index in [9.17, 15) is 0 Å². The molecule has 3 nitrogen and oxygen atoms in total. The molecule has 0 aliphatic carbocycles. The summed E-state index contributed by atoms with van der Waals surface area (Å²) in [7, 11) is 1.51. The average molecular weight is 240 g/mol. The molecule has 0 saturated carbocycles. The number of ether oxygens (including phenoxy) is 1. The molecule has 18 heavy (non-hydrogen) atoms. The van der Waals surface area contributed by atoms with E-state index in [1.54, 1.807) is 0 Å². The van der Waals surface area contributed by atoms with Crippen molar-refractivity contribution in [1.82, 2.24) is 0 Å². The lowest BCUT2D eigenvalue weighted by Crippen LogP contribution is -2.08. The Labute approximate surface area is 107 Å². The van der Waals surface area contributed by atoms with Gasteiger partial charge >= 0.3 is 0 Å². The topological polar surface area (TPSA) is 45.1 Å². The van der Waals surface area contributed by atoms with E-state index in [0.29, 0.717) is 0 Å². The zero-order valence-corrected chi connectivity index (χ0v) is 10.3. The molecule has 0 aromatic heterocycles. The highest BCUT2D eigenvalue weighted by atomic mass is 16.5. The first-order valence-electron chi connectivity index (χ1n) is 5.81. The summed E-state index contributed by atoms with van der Waals surface area (Å²) in [5.74, 6) is 0.172. The van der Waals surface area contributed by atoms with E-state index in [1.807, 2.05) is 42.5 Å². The number of hydrogen-bond acceptors (Lipinski definition) is 3. The van der Waals surface area contributed by atoms with Crippen LogP contribution in [0.4, 0.5) is 5.69 Å². The zero-order chi connectivity index (χ0) is 12.8. The fourth-order valence-electron chi connectivity index (χ4n) is 1.74. The first-order valence-corrected chi connectivity index (χ1v) is 5.81. The van der Waals surface area contributed by atoms with E-state index >= 15 is 0 Å². The van der Waals surface area contributed by atoms with Crippen molar-refractivity contribution in [3.05, 3.63) is 65.7 Å². The third-order valence-corrected chi connectivity index (χ3v) is 2.70. The maximum atomic E-state index is 7.74. The van der Waals surface area contributed by atoms with Gasteiger partial charge in [0.05, 0.1) is 12.7 Å². The lowest BCUT2D eigenvalue weighted by Gasteiger charge is -2.12. The van der Waals surface area contributed by atoms with Gasteiger partial charge in [0, 0.05) is 12.2 Å². The normalized spacial score (nSPS) is 9.83. The molecule has 92 valence electrons. The molecule has 3 heteroatoms. The maximum absolute atomic E-state index is 7.74. The summed E-state index contributed by atoms with van der Waals surface area (Å²) in [4.78, 5) is 0. The molecule has 2 N–H and O–H groups in total. The van der Waals surface area contributed by atoms with Crippen LogP contribution in [0.1, 0.15) is 11.1 Å². The number of hydrogen-bond donors (Lipinski definition) is 2. The molecular weight excluding hydrogens is 224 g/mol. The van der Waals surface area contributed by atoms with E-state index in [2.05, 4.69) is 17.4 Å². The minimum Gasteiger partial charge on any atom is -0.481 e. The Bertz CT molecular complexity index is 523. The Hall–Kier alpha value is -2.29. The molecule has 0 saturated heterocycles. The third kappa shape index (κ3) is 2.88. The van der Waals surface area contributed by atoms with Crippen LogP contribution in [0.15, 0.2) is 54.6 Å². The highest BCUT2D eigenvalue weighted by molar-refractivity contribution is 5.97. The predicted molar refractivity (Wildman–Crippen MR) is 74.0 cm³/mol. The van der Waals surface area contributed by atoms with E-state index in [0.717, 1.165) is 17.8 Å². The van der Waals surface area contributed by atoms with Crippen molar-refractivity contribution in [3.8, 4) is 0 Å². The summed E-state index contributed by atoms with van der Waals surface area (Å²) in [6, 6.07) is 17.8. The van der Waals surface area contributed by atoms with E-state index < -0.39 is 0 Å². The van der Waals surface area contributed by atoms with Gasteiger partial charge in [0.25, 0.3) is 0 Å². The molecular formula is C15H16N2O. The number of nitrogens with one attached hydrogen (secondary N) is 2. The van der Waals surface area contributed by atoms with Gasteiger partial charge in [-0.1, -0.05) is 42.5 Å². The van der Waals surface area contributed by atoms with Crippen molar-refractivity contribution in [2.45, 2.75) is 6.54 Å². The van der Waals surface area contributed by atoms with Crippen LogP contribution >= 0.6 is 0 Å². The van der Waals surface area contributed by atoms with Crippen LogP contribution in [0.5, 0.6) is 0 Å². The quantitative estimate of drug-likeness (QED) is 0.636. The van der Waals surface area contributed by atoms with Gasteiger partial charge in [-0.2, -0.15) is 0 Å². The van der Waals surface area contributed by atoms with Crippen LogP contribution in [0.3, 0.4) is 0 Å². The monoisotopic (exact) mass is 240 g/mol. The average Bonchev–Trinajstić information content (AvgIpc) is 2.45. The second-order valence-corrected chi connectivity index (χ2v) is 3.92. The minimum atomic E-state index is 0.172. The van der Waals surface area contributed by atoms with Crippen LogP contribution in [-0.2, 0) is 11.3 Å². The van der Waals surface area contributed by atoms with Crippen molar-refractivity contribution < 1.29 is 4.74 Å². The molecule has 0 heterocycles. The predicted octanol–water partition coefficient (Wildman–Crippen LogP) is 3.27. The summed E-state index contributed by atoms with van der Waals surface area (Å²) in [5.41, 5.74) is 2.89. The zero-order valence-electron chi connectivity index (χ0n) is 10.3. The standard InChI is InChI=1S/C15H16N2O/c1-18-15(16)13-9-5-6-10-14(13)17-11-12-7-3-2-4-8-12/h2-10,16-17H,11H2,1H3. The molecule has 2 aromatic carbocycles. The molecule has 0 radical (unpaired) electrons. The molecule has 0 spiro atoms. The van der Waals surface area contributed by atoms with Crippen LogP contribution in [0.2, 0.25) is 0 Å². The number of rotatable bonds is 4. The number of anilines is 1.